The molecule has 32 heavy (non-hydrogen) atoms. The fourth-order valence-electron chi connectivity index (χ4n) is 3.48. The summed E-state index contributed by atoms with van der Waals surface area (Å²) < 4.78 is 30.4. The van der Waals surface area contributed by atoms with Crippen LogP contribution < -0.4 is 15.4 Å². The predicted molar refractivity (Wildman–Crippen MR) is 120 cm³/mol. The van der Waals surface area contributed by atoms with Crippen molar-refractivity contribution in [3.05, 3.63) is 94.8 Å². The number of pyridine rings is 1. The van der Waals surface area contributed by atoms with Crippen LogP contribution >= 0.6 is 11.6 Å². The summed E-state index contributed by atoms with van der Waals surface area (Å²) in [5.74, 6) is -0.0185. The lowest BCUT2D eigenvalue weighted by molar-refractivity contribution is -0.0499. The SMILES string of the molecule is CC(C)NC(=O)N[C@@](Cc1ccccc1)(c1cccc(OC(F)F)c1)c1ccc(Cl)cn1. The summed E-state index contributed by atoms with van der Waals surface area (Å²) in [6.07, 6.45) is 1.80. The van der Waals surface area contributed by atoms with Crippen molar-refractivity contribution in [2.45, 2.75) is 38.5 Å². The lowest BCUT2D eigenvalue weighted by Gasteiger charge is -2.36. The fourth-order valence-corrected chi connectivity index (χ4v) is 3.59. The molecule has 3 rings (SSSR count). The zero-order valence-corrected chi connectivity index (χ0v) is 18.4. The number of urea groups is 1. The molecule has 2 N–H and O–H groups in total. The highest BCUT2D eigenvalue weighted by molar-refractivity contribution is 6.30. The summed E-state index contributed by atoms with van der Waals surface area (Å²) in [7, 11) is 0. The van der Waals surface area contributed by atoms with Gasteiger partial charge in [-0.1, -0.05) is 54.1 Å². The number of nitrogens with one attached hydrogen (secondary N) is 2. The lowest BCUT2D eigenvalue weighted by Crippen LogP contribution is -2.53. The molecule has 0 saturated heterocycles. The van der Waals surface area contributed by atoms with Crippen LogP contribution in [0.4, 0.5) is 13.6 Å². The number of amides is 2. The van der Waals surface area contributed by atoms with E-state index in [4.69, 9.17) is 11.6 Å². The molecule has 0 fully saturated rings. The molecular formula is C24H24ClF2N3O2. The molecule has 0 saturated carbocycles. The van der Waals surface area contributed by atoms with E-state index in [0.29, 0.717) is 22.7 Å². The number of halogens is 3. The maximum absolute atomic E-state index is 12.9. The van der Waals surface area contributed by atoms with Gasteiger partial charge >= 0.3 is 12.6 Å². The van der Waals surface area contributed by atoms with Crippen molar-refractivity contribution in [2.24, 2.45) is 0 Å². The molecule has 2 aromatic carbocycles. The summed E-state index contributed by atoms with van der Waals surface area (Å²) in [5.41, 5.74) is 0.758. The Balaban J connectivity index is 2.19. The van der Waals surface area contributed by atoms with Gasteiger partial charge in [-0.25, -0.2) is 4.79 Å². The lowest BCUT2D eigenvalue weighted by atomic mass is 9.80. The molecular weight excluding hydrogens is 436 g/mol. The van der Waals surface area contributed by atoms with E-state index in [1.165, 1.54) is 18.3 Å². The molecule has 0 spiro atoms. The number of alkyl halides is 2. The number of ether oxygens (including phenoxy) is 1. The zero-order valence-electron chi connectivity index (χ0n) is 17.7. The van der Waals surface area contributed by atoms with Crippen LogP contribution in [0.5, 0.6) is 5.75 Å². The van der Waals surface area contributed by atoms with Gasteiger partial charge in [-0.3, -0.25) is 4.98 Å². The highest BCUT2D eigenvalue weighted by Crippen LogP contribution is 2.35. The van der Waals surface area contributed by atoms with E-state index in [9.17, 15) is 13.6 Å². The van der Waals surface area contributed by atoms with Crippen LogP contribution in [-0.2, 0) is 12.0 Å². The van der Waals surface area contributed by atoms with Gasteiger partial charge in [0.25, 0.3) is 0 Å². The summed E-state index contributed by atoms with van der Waals surface area (Å²) in [6, 6.07) is 18.6. The first-order valence-corrected chi connectivity index (χ1v) is 10.5. The second-order valence-corrected chi connectivity index (χ2v) is 8.03. The molecule has 0 aliphatic carbocycles. The van der Waals surface area contributed by atoms with Gasteiger partial charge in [-0.2, -0.15) is 8.78 Å². The standard InChI is InChI=1S/C24H24ClF2N3O2/c1-16(2)29-23(31)30-24(14-17-7-4-3-5-8-17,21-12-11-19(25)15-28-21)18-9-6-10-20(13-18)32-22(26)27/h3-13,15-16,22H,14H2,1-2H3,(H2,29,30,31)/t24-/m0/s1. The number of hydrogen-bond acceptors (Lipinski definition) is 3. The van der Waals surface area contributed by atoms with Gasteiger partial charge in [-0.15, -0.1) is 0 Å². The number of nitrogens with zero attached hydrogens (tertiary/aromatic N) is 1. The summed E-state index contributed by atoms with van der Waals surface area (Å²) >= 11 is 6.06. The minimum absolute atomic E-state index is 0.0185. The minimum Gasteiger partial charge on any atom is -0.435 e. The van der Waals surface area contributed by atoms with Crippen molar-refractivity contribution in [2.75, 3.05) is 0 Å². The molecule has 2 amide bonds. The Morgan fingerprint density at radius 1 is 1.09 bits per heavy atom. The first kappa shape index (κ1) is 23.5. The van der Waals surface area contributed by atoms with Crippen LogP contribution in [0.15, 0.2) is 72.9 Å². The highest BCUT2D eigenvalue weighted by Gasteiger charge is 2.38. The van der Waals surface area contributed by atoms with Gasteiger partial charge < -0.3 is 15.4 Å². The van der Waals surface area contributed by atoms with Crippen molar-refractivity contribution >= 4 is 17.6 Å². The highest BCUT2D eigenvalue weighted by atomic mass is 35.5. The van der Waals surface area contributed by atoms with Crippen LogP contribution in [0.2, 0.25) is 5.02 Å². The largest absolute Gasteiger partial charge is 0.435 e. The molecule has 0 aliphatic rings. The maximum atomic E-state index is 12.9. The van der Waals surface area contributed by atoms with Crippen LogP contribution in [0.25, 0.3) is 0 Å². The molecule has 0 bridgehead atoms. The van der Waals surface area contributed by atoms with E-state index >= 15 is 0 Å². The number of carbonyl (C=O) groups is 1. The number of hydrogen-bond donors (Lipinski definition) is 2. The fraction of sp³-hybridized carbons (Fsp3) is 0.250. The van der Waals surface area contributed by atoms with Crippen molar-refractivity contribution in [1.29, 1.82) is 0 Å². The molecule has 0 radical (unpaired) electrons. The summed E-state index contributed by atoms with van der Waals surface area (Å²) in [5, 5.41) is 6.30. The maximum Gasteiger partial charge on any atom is 0.387 e. The molecule has 3 aromatic rings. The Morgan fingerprint density at radius 2 is 1.84 bits per heavy atom. The van der Waals surface area contributed by atoms with Crippen LogP contribution in [0.1, 0.15) is 30.7 Å². The Kier molecular flexibility index (Phi) is 7.64. The topological polar surface area (TPSA) is 63.2 Å². The number of carbonyl (C=O) groups excluding carboxylic acids is 1. The van der Waals surface area contributed by atoms with E-state index in [0.717, 1.165) is 5.56 Å². The monoisotopic (exact) mass is 459 g/mol. The van der Waals surface area contributed by atoms with Gasteiger partial charge in [0.1, 0.15) is 11.3 Å². The van der Waals surface area contributed by atoms with E-state index in [-0.39, 0.29) is 11.8 Å². The normalized spacial score (nSPS) is 13.0. The first-order valence-electron chi connectivity index (χ1n) is 10.1. The smallest absolute Gasteiger partial charge is 0.387 e. The van der Waals surface area contributed by atoms with Gasteiger partial charge in [0.15, 0.2) is 0 Å². The van der Waals surface area contributed by atoms with Gasteiger partial charge in [0.05, 0.1) is 10.7 Å². The van der Waals surface area contributed by atoms with Gasteiger partial charge in [0.2, 0.25) is 0 Å². The molecule has 0 aliphatic heterocycles. The second-order valence-electron chi connectivity index (χ2n) is 7.59. The average molecular weight is 460 g/mol. The molecule has 1 heterocycles. The molecule has 1 aromatic heterocycles. The van der Waals surface area contributed by atoms with Gasteiger partial charge in [0, 0.05) is 18.7 Å². The quantitative estimate of drug-likeness (QED) is 0.465. The third kappa shape index (κ3) is 5.95. The average Bonchev–Trinajstić information content (AvgIpc) is 2.73. The van der Waals surface area contributed by atoms with E-state index in [1.54, 1.807) is 24.3 Å². The van der Waals surface area contributed by atoms with Crippen LogP contribution in [-0.4, -0.2) is 23.7 Å². The van der Waals surface area contributed by atoms with Crippen molar-refractivity contribution < 1.29 is 18.3 Å². The van der Waals surface area contributed by atoms with E-state index in [1.807, 2.05) is 44.2 Å². The van der Waals surface area contributed by atoms with Crippen LogP contribution in [0.3, 0.4) is 0 Å². The summed E-state index contributed by atoms with van der Waals surface area (Å²) in [6.45, 7) is 0.714. The van der Waals surface area contributed by atoms with Crippen molar-refractivity contribution in [3.8, 4) is 5.75 Å². The van der Waals surface area contributed by atoms with Crippen molar-refractivity contribution in [1.82, 2.24) is 15.6 Å². The summed E-state index contributed by atoms with van der Waals surface area (Å²) in [4.78, 5) is 17.4. The Labute approximate surface area is 190 Å². The van der Waals surface area contributed by atoms with Gasteiger partial charge in [-0.05, 0) is 49.2 Å². The Hall–Kier alpha value is -3.19. The van der Waals surface area contributed by atoms with E-state index in [2.05, 4.69) is 20.4 Å². The molecule has 1 atom stereocenters. The first-order chi connectivity index (χ1) is 15.3. The zero-order chi connectivity index (χ0) is 23.1. The predicted octanol–water partition coefficient (Wildman–Crippen LogP) is 5.53. The van der Waals surface area contributed by atoms with Crippen LogP contribution in [0, 0.1) is 0 Å². The van der Waals surface area contributed by atoms with E-state index < -0.39 is 18.2 Å². The molecule has 8 heteroatoms. The number of benzene rings is 2. The number of rotatable bonds is 8. The molecule has 168 valence electrons. The third-order valence-corrected chi connectivity index (χ3v) is 5.00. The second kappa shape index (κ2) is 10.4. The Morgan fingerprint density at radius 3 is 2.47 bits per heavy atom. The minimum atomic E-state index is -2.97. The molecule has 0 unspecified atom stereocenters. The van der Waals surface area contributed by atoms with Crippen molar-refractivity contribution in [3.63, 3.8) is 0 Å². The Bertz CT molecular complexity index is 1030. The third-order valence-electron chi connectivity index (χ3n) is 4.78. The molecule has 5 nitrogen and oxygen atoms in total. The number of aromatic nitrogens is 1.